The maximum Gasteiger partial charge on any atom is 0.248 e. The van der Waals surface area contributed by atoms with Crippen LogP contribution < -0.4 is 4.72 Å². The Morgan fingerprint density at radius 3 is 2.91 bits per heavy atom. The molecule has 5 nitrogen and oxygen atoms in total. The van der Waals surface area contributed by atoms with E-state index in [0.29, 0.717) is 24.0 Å². The first kappa shape index (κ1) is 16.8. The number of nitrogens with one attached hydrogen (secondary N) is 1. The van der Waals surface area contributed by atoms with Gasteiger partial charge in [-0.05, 0) is 30.4 Å². The molecule has 1 N–H and O–H groups in total. The van der Waals surface area contributed by atoms with Crippen molar-refractivity contribution in [2.45, 2.75) is 38.2 Å². The number of pyridine rings is 1. The molecule has 1 aliphatic rings. The summed E-state index contributed by atoms with van der Waals surface area (Å²) in [4.78, 5) is 3.83. The minimum absolute atomic E-state index is 0.00599. The zero-order chi connectivity index (χ0) is 16.2. The van der Waals surface area contributed by atoms with Gasteiger partial charge in [-0.2, -0.15) is 5.26 Å². The maximum absolute atomic E-state index is 13.3. The third kappa shape index (κ3) is 5.00. The van der Waals surface area contributed by atoms with E-state index in [1.54, 1.807) is 0 Å². The fourth-order valence-electron chi connectivity index (χ4n) is 2.63. The summed E-state index contributed by atoms with van der Waals surface area (Å²) in [5, 5.41) is 8.76. The van der Waals surface area contributed by atoms with E-state index < -0.39 is 21.9 Å². The molecule has 0 spiro atoms. The summed E-state index contributed by atoms with van der Waals surface area (Å²) in [5.41, 5.74) is 0.889. The van der Waals surface area contributed by atoms with E-state index >= 15 is 0 Å². The molecule has 0 radical (unpaired) electrons. The van der Waals surface area contributed by atoms with Crippen molar-refractivity contribution >= 4 is 10.0 Å². The van der Waals surface area contributed by atoms with Gasteiger partial charge in [-0.25, -0.2) is 21.9 Å². The van der Waals surface area contributed by atoms with Gasteiger partial charge in [0.2, 0.25) is 15.9 Å². The first-order valence-electron chi connectivity index (χ1n) is 6.99. The molecule has 1 heterocycles. The molecular formula is C14H17F2N3O2S. The molecule has 0 aromatic carbocycles. The molecule has 1 aliphatic carbocycles. The molecule has 0 saturated heterocycles. The van der Waals surface area contributed by atoms with E-state index in [4.69, 9.17) is 5.26 Å². The summed E-state index contributed by atoms with van der Waals surface area (Å²) in [6.07, 6.45) is 3.15. The Hall–Kier alpha value is -1.59. The van der Waals surface area contributed by atoms with E-state index in [2.05, 4.69) is 9.71 Å². The molecule has 0 aliphatic heterocycles. The largest absolute Gasteiger partial charge is 0.263 e. The zero-order valence-corrected chi connectivity index (χ0v) is 12.7. The average molecular weight is 329 g/mol. The SMILES string of the molecule is N#Cc1cncc(CNS(=O)(=O)CC2CCCC(F)(F)C2)c1. The van der Waals surface area contributed by atoms with Crippen molar-refractivity contribution in [3.05, 3.63) is 29.6 Å². The molecule has 1 saturated carbocycles. The van der Waals surface area contributed by atoms with E-state index in [1.165, 1.54) is 18.5 Å². The number of hydrogen-bond donors (Lipinski definition) is 1. The fraction of sp³-hybridized carbons (Fsp3) is 0.571. The van der Waals surface area contributed by atoms with Gasteiger partial charge in [-0.15, -0.1) is 0 Å². The van der Waals surface area contributed by atoms with Gasteiger partial charge in [0.1, 0.15) is 6.07 Å². The number of hydrogen-bond acceptors (Lipinski definition) is 4. The van der Waals surface area contributed by atoms with Crippen LogP contribution in [0, 0.1) is 17.2 Å². The number of sulfonamides is 1. The van der Waals surface area contributed by atoms with Crippen LogP contribution >= 0.6 is 0 Å². The number of nitriles is 1. The summed E-state index contributed by atoms with van der Waals surface area (Å²) in [6.45, 7) is -0.00599. The van der Waals surface area contributed by atoms with Crippen LogP contribution in [0.25, 0.3) is 0 Å². The molecule has 1 fully saturated rings. The highest BCUT2D eigenvalue weighted by Gasteiger charge is 2.37. The van der Waals surface area contributed by atoms with Gasteiger partial charge in [0.15, 0.2) is 0 Å². The molecule has 2 rings (SSSR count). The van der Waals surface area contributed by atoms with Crippen molar-refractivity contribution in [1.82, 2.24) is 9.71 Å². The lowest BCUT2D eigenvalue weighted by molar-refractivity contribution is -0.0489. The second-order valence-corrected chi connectivity index (χ2v) is 7.47. The number of alkyl halides is 2. The predicted molar refractivity (Wildman–Crippen MR) is 76.5 cm³/mol. The maximum atomic E-state index is 13.3. The number of rotatable bonds is 5. The summed E-state index contributed by atoms with van der Waals surface area (Å²) in [5.74, 6) is -3.58. The minimum atomic E-state index is -3.64. The van der Waals surface area contributed by atoms with Gasteiger partial charge in [0, 0.05) is 31.8 Å². The van der Waals surface area contributed by atoms with Crippen LogP contribution in [-0.2, 0) is 16.6 Å². The van der Waals surface area contributed by atoms with Crippen LogP contribution in [0.1, 0.15) is 36.8 Å². The standard InChI is InChI=1S/C14H17F2N3O2S/c15-14(16)3-1-2-11(5-14)10-22(20,21)19-9-13-4-12(6-17)7-18-8-13/h4,7-8,11,19H,1-3,5,9-10H2. The lowest BCUT2D eigenvalue weighted by Gasteiger charge is -2.28. The molecule has 8 heteroatoms. The molecule has 1 aromatic rings. The van der Waals surface area contributed by atoms with Gasteiger partial charge < -0.3 is 0 Å². The van der Waals surface area contributed by atoms with Crippen LogP contribution in [0.4, 0.5) is 8.78 Å². The molecule has 1 aromatic heterocycles. The highest BCUT2D eigenvalue weighted by Crippen LogP contribution is 2.37. The Bertz CT molecular complexity index is 671. The normalized spacial score (nSPS) is 21.2. The van der Waals surface area contributed by atoms with E-state index in [-0.39, 0.29) is 25.1 Å². The van der Waals surface area contributed by atoms with Crippen LogP contribution in [0.15, 0.2) is 18.5 Å². The second-order valence-electron chi connectivity index (χ2n) is 5.61. The van der Waals surface area contributed by atoms with Gasteiger partial charge in [0.25, 0.3) is 0 Å². The van der Waals surface area contributed by atoms with Crippen LogP contribution in [0.2, 0.25) is 0 Å². The lowest BCUT2D eigenvalue weighted by Crippen LogP contribution is -2.34. The minimum Gasteiger partial charge on any atom is -0.263 e. The van der Waals surface area contributed by atoms with Gasteiger partial charge >= 0.3 is 0 Å². The molecule has 22 heavy (non-hydrogen) atoms. The smallest absolute Gasteiger partial charge is 0.248 e. The monoisotopic (exact) mass is 329 g/mol. The second kappa shape index (κ2) is 6.67. The van der Waals surface area contributed by atoms with Crippen molar-refractivity contribution in [1.29, 1.82) is 5.26 Å². The fourth-order valence-corrected chi connectivity index (χ4v) is 4.04. The van der Waals surface area contributed by atoms with Crippen molar-refractivity contribution in [2.24, 2.45) is 5.92 Å². The third-order valence-electron chi connectivity index (χ3n) is 3.62. The zero-order valence-electron chi connectivity index (χ0n) is 11.9. The van der Waals surface area contributed by atoms with E-state index in [1.807, 2.05) is 6.07 Å². The van der Waals surface area contributed by atoms with Gasteiger partial charge in [-0.3, -0.25) is 4.98 Å². The van der Waals surface area contributed by atoms with Crippen LogP contribution in [0.5, 0.6) is 0 Å². The molecule has 0 amide bonds. The van der Waals surface area contributed by atoms with Crippen molar-refractivity contribution in [3.8, 4) is 6.07 Å². The first-order chi connectivity index (χ1) is 10.3. The average Bonchev–Trinajstić information content (AvgIpc) is 2.44. The van der Waals surface area contributed by atoms with Crippen molar-refractivity contribution in [2.75, 3.05) is 5.75 Å². The van der Waals surface area contributed by atoms with E-state index in [9.17, 15) is 17.2 Å². The Morgan fingerprint density at radius 1 is 1.45 bits per heavy atom. The number of nitrogens with zero attached hydrogens (tertiary/aromatic N) is 2. The van der Waals surface area contributed by atoms with Crippen molar-refractivity contribution in [3.63, 3.8) is 0 Å². The highest BCUT2D eigenvalue weighted by atomic mass is 32.2. The molecule has 0 bridgehead atoms. The summed E-state index contributed by atoms with van der Waals surface area (Å²) in [6, 6.07) is 3.45. The van der Waals surface area contributed by atoms with Crippen molar-refractivity contribution < 1.29 is 17.2 Å². The van der Waals surface area contributed by atoms with E-state index in [0.717, 1.165) is 0 Å². The molecule has 1 unspecified atom stereocenters. The van der Waals surface area contributed by atoms with Gasteiger partial charge in [0.05, 0.1) is 11.3 Å². The van der Waals surface area contributed by atoms with Crippen LogP contribution in [0.3, 0.4) is 0 Å². The summed E-state index contributed by atoms with van der Waals surface area (Å²) in [7, 11) is -3.64. The predicted octanol–water partition coefficient (Wildman–Crippen LogP) is 2.20. The third-order valence-corrected chi connectivity index (χ3v) is 5.11. The Morgan fingerprint density at radius 2 is 2.23 bits per heavy atom. The quantitative estimate of drug-likeness (QED) is 0.897. The summed E-state index contributed by atoms with van der Waals surface area (Å²) < 4.78 is 53.0. The molecular weight excluding hydrogens is 312 g/mol. The Kier molecular flexibility index (Phi) is 5.08. The molecule has 120 valence electrons. The highest BCUT2D eigenvalue weighted by molar-refractivity contribution is 7.89. The first-order valence-corrected chi connectivity index (χ1v) is 8.64. The summed E-state index contributed by atoms with van der Waals surface area (Å²) >= 11 is 0. The number of halogens is 2. The lowest BCUT2D eigenvalue weighted by atomic mass is 9.88. The number of aromatic nitrogens is 1. The Labute approximate surface area is 128 Å². The Balaban J connectivity index is 1.92. The molecule has 1 atom stereocenters. The topological polar surface area (TPSA) is 82.8 Å². The van der Waals surface area contributed by atoms with Gasteiger partial charge in [-0.1, -0.05) is 0 Å². The van der Waals surface area contributed by atoms with Crippen LogP contribution in [-0.4, -0.2) is 25.1 Å².